The lowest BCUT2D eigenvalue weighted by Crippen LogP contribution is -2.53. The lowest BCUT2D eigenvalue weighted by molar-refractivity contribution is -0.140. The van der Waals surface area contributed by atoms with Crippen molar-refractivity contribution in [3.05, 3.63) is 87.4 Å². The quantitative estimate of drug-likeness (QED) is 0.225. The minimum atomic E-state index is -4.23. The summed E-state index contributed by atoms with van der Waals surface area (Å²) in [6, 6.07) is 16.0. The van der Waals surface area contributed by atoms with Crippen LogP contribution in [0.4, 0.5) is 5.69 Å². The van der Waals surface area contributed by atoms with Crippen LogP contribution in [0.1, 0.15) is 39.7 Å². The molecule has 3 rings (SSSR count). The van der Waals surface area contributed by atoms with E-state index in [2.05, 4.69) is 5.32 Å². The van der Waals surface area contributed by atoms with E-state index in [4.69, 9.17) is 39.5 Å². The molecule has 0 heterocycles. The highest BCUT2D eigenvalue weighted by Gasteiger charge is 2.34. The summed E-state index contributed by atoms with van der Waals surface area (Å²) in [7, 11) is -4.23. The predicted octanol–water partition coefficient (Wildman–Crippen LogP) is 6.57. The summed E-state index contributed by atoms with van der Waals surface area (Å²) in [5.41, 5.74) is 0.873. The molecule has 226 valence electrons. The maximum atomic E-state index is 14.1. The maximum Gasteiger partial charge on any atom is 0.264 e. The van der Waals surface area contributed by atoms with Gasteiger partial charge in [0.2, 0.25) is 11.8 Å². The Balaban J connectivity index is 2.08. The Morgan fingerprint density at radius 3 is 2.10 bits per heavy atom. The summed E-state index contributed by atoms with van der Waals surface area (Å²) >= 11 is 18.3. The summed E-state index contributed by atoms with van der Waals surface area (Å²) in [6.07, 6.45) is 0.290. The molecular formula is C30H34Cl3N3O5S. The monoisotopic (exact) mass is 653 g/mol. The zero-order chi connectivity index (χ0) is 31.0. The van der Waals surface area contributed by atoms with Crippen LogP contribution in [-0.2, 0) is 26.2 Å². The first-order chi connectivity index (χ1) is 19.9. The van der Waals surface area contributed by atoms with Crippen molar-refractivity contribution >= 4 is 62.3 Å². The molecule has 0 saturated carbocycles. The highest BCUT2D eigenvalue weighted by Crippen LogP contribution is 2.28. The molecular weight excluding hydrogens is 621 g/mol. The summed E-state index contributed by atoms with van der Waals surface area (Å²) in [5, 5.41) is 3.87. The average molecular weight is 655 g/mol. The smallest absolute Gasteiger partial charge is 0.264 e. The van der Waals surface area contributed by atoms with Crippen molar-refractivity contribution < 1.29 is 22.7 Å². The average Bonchev–Trinajstić information content (AvgIpc) is 2.94. The van der Waals surface area contributed by atoms with Gasteiger partial charge in [-0.1, -0.05) is 47.8 Å². The Morgan fingerprint density at radius 1 is 0.905 bits per heavy atom. The van der Waals surface area contributed by atoms with E-state index in [0.717, 1.165) is 4.31 Å². The highest BCUT2D eigenvalue weighted by atomic mass is 35.5. The second-order valence-electron chi connectivity index (χ2n) is 9.75. The van der Waals surface area contributed by atoms with Gasteiger partial charge >= 0.3 is 0 Å². The van der Waals surface area contributed by atoms with Crippen molar-refractivity contribution in [2.75, 3.05) is 17.5 Å². The second-order valence-corrected chi connectivity index (χ2v) is 12.9. The topological polar surface area (TPSA) is 96.0 Å². The van der Waals surface area contributed by atoms with Gasteiger partial charge in [0.1, 0.15) is 18.3 Å². The number of carbonyl (C=O) groups is 2. The molecule has 8 nitrogen and oxygen atoms in total. The fourth-order valence-corrected chi connectivity index (χ4v) is 6.13. The molecule has 0 aromatic heterocycles. The first-order valence-corrected chi connectivity index (χ1v) is 16.0. The van der Waals surface area contributed by atoms with Gasteiger partial charge in [-0.3, -0.25) is 13.9 Å². The van der Waals surface area contributed by atoms with Crippen molar-refractivity contribution in [1.29, 1.82) is 0 Å². The van der Waals surface area contributed by atoms with Gasteiger partial charge in [-0.25, -0.2) is 8.42 Å². The van der Waals surface area contributed by atoms with Gasteiger partial charge in [0, 0.05) is 17.6 Å². The fraction of sp³-hybridized carbons (Fsp3) is 0.333. The number of halogens is 3. The molecule has 1 unspecified atom stereocenters. The number of ether oxygens (including phenoxy) is 1. The molecule has 0 bridgehead atoms. The molecule has 2 amide bonds. The molecule has 0 radical (unpaired) electrons. The molecule has 0 fully saturated rings. The lowest BCUT2D eigenvalue weighted by atomic mass is 10.1. The molecule has 1 N–H and O–H groups in total. The Bertz CT molecular complexity index is 1480. The number of hydrogen-bond donors (Lipinski definition) is 1. The van der Waals surface area contributed by atoms with Gasteiger partial charge in [0.05, 0.1) is 27.2 Å². The Hall–Kier alpha value is -2.98. The number of carbonyl (C=O) groups excluding carboxylic acids is 2. The van der Waals surface area contributed by atoms with Crippen LogP contribution >= 0.6 is 34.8 Å². The van der Waals surface area contributed by atoms with E-state index in [9.17, 15) is 18.0 Å². The molecule has 0 saturated heterocycles. The Morgan fingerprint density at radius 2 is 1.55 bits per heavy atom. The number of rotatable bonds is 13. The van der Waals surface area contributed by atoms with Crippen molar-refractivity contribution in [2.45, 2.75) is 57.6 Å². The van der Waals surface area contributed by atoms with E-state index in [0.29, 0.717) is 39.4 Å². The van der Waals surface area contributed by atoms with Crippen LogP contribution < -0.4 is 14.4 Å². The van der Waals surface area contributed by atoms with Crippen LogP contribution in [0.5, 0.6) is 5.75 Å². The molecule has 0 spiro atoms. The predicted molar refractivity (Wildman–Crippen MR) is 168 cm³/mol. The van der Waals surface area contributed by atoms with E-state index in [1.807, 2.05) is 20.8 Å². The van der Waals surface area contributed by atoms with Crippen molar-refractivity contribution in [2.24, 2.45) is 0 Å². The van der Waals surface area contributed by atoms with Gasteiger partial charge in [-0.05, 0) is 93.4 Å². The van der Waals surface area contributed by atoms with Gasteiger partial charge in [-0.15, -0.1) is 0 Å². The molecule has 1 atom stereocenters. The number of benzene rings is 3. The SMILES string of the molecule is CCOc1ccc(N(CC(=O)N(Cc2ccc(Cl)c(Cl)c2)C(CC)C(=O)NC(C)C)S(=O)(=O)c2ccc(Cl)cc2)cc1. The fourth-order valence-electron chi connectivity index (χ4n) is 4.27. The number of sulfonamides is 1. The summed E-state index contributed by atoms with van der Waals surface area (Å²) in [5.74, 6) is -0.388. The van der Waals surface area contributed by atoms with Crippen LogP contribution in [0.15, 0.2) is 71.6 Å². The van der Waals surface area contributed by atoms with Crippen LogP contribution in [0.3, 0.4) is 0 Å². The van der Waals surface area contributed by atoms with Crippen molar-refractivity contribution in [1.82, 2.24) is 10.2 Å². The normalized spacial score (nSPS) is 12.1. The van der Waals surface area contributed by atoms with E-state index in [1.54, 1.807) is 49.4 Å². The van der Waals surface area contributed by atoms with Crippen LogP contribution in [0.2, 0.25) is 15.1 Å². The number of amides is 2. The molecule has 3 aromatic rings. The Kier molecular flexibility index (Phi) is 11.9. The maximum absolute atomic E-state index is 14.1. The largest absolute Gasteiger partial charge is 0.494 e. The summed E-state index contributed by atoms with van der Waals surface area (Å²) < 4.78 is 34.4. The van der Waals surface area contributed by atoms with Crippen LogP contribution in [-0.4, -0.2) is 50.4 Å². The molecule has 3 aromatic carbocycles. The van der Waals surface area contributed by atoms with Gasteiger partial charge in [-0.2, -0.15) is 0 Å². The third-order valence-electron chi connectivity index (χ3n) is 6.27. The second kappa shape index (κ2) is 15.0. The van der Waals surface area contributed by atoms with Crippen LogP contribution in [0.25, 0.3) is 0 Å². The minimum Gasteiger partial charge on any atom is -0.494 e. The number of nitrogens with zero attached hydrogens (tertiary/aromatic N) is 2. The molecule has 12 heteroatoms. The third-order valence-corrected chi connectivity index (χ3v) is 9.05. The van der Waals surface area contributed by atoms with Gasteiger partial charge in [0.25, 0.3) is 10.0 Å². The van der Waals surface area contributed by atoms with Crippen LogP contribution in [0, 0.1) is 0 Å². The van der Waals surface area contributed by atoms with Crippen molar-refractivity contribution in [3.8, 4) is 5.75 Å². The molecule has 0 aliphatic carbocycles. The highest BCUT2D eigenvalue weighted by molar-refractivity contribution is 7.92. The molecule has 0 aliphatic rings. The summed E-state index contributed by atoms with van der Waals surface area (Å²) in [6.45, 7) is 7.12. The van der Waals surface area contributed by atoms with Crippen molar-refractivity contribution in [3.63, 3.8) is 0 Å². The number of hydrogen-bond acceptors (Lipinski definition) is 5. The third kappa shape index (κ3) is 8.53. The molecule has 42 heavy (non-hydrogen) atoms. The standard InChI is InChI=1S/C30H34Cl3N3O5S/c1-5-28(30(38)34-20(3)4)35(18-21-7-16-26(32)27(33)17-21)29(37)19-36(23-10-12-24(13-11-23)41-6-2)42(39,40)25-14-8-22(31)9-15-25/h7-17,20,28H,5-6,18-19H2,1-4H3,(H,34,38). The van der Waals surface area contributed by atoms with E-state index in [1.165, 1.54) is 29.2 Å². The molecule has 0 aliphatic heterocycles. The minimum absolute atomic E-state index is 0.00213. The number of nitrogens with one attached hydrogen (secondary N) is 1. The van der Waals surface area contributed by atoms with Gasteiger partial charge in [0.15, 0.2) is 0 Å². The zero-order valence-electron chi connectivity index (χ0n) is 23.8. The van der Waals surface area contributed by atoms with E-state index >= 15 is 0 Å². The lowest BCUT2D eigenvalue weighted by Gasteiger charge is -2.33. The first kappa shape index (κ1) is 33.5. The van der Waals surface area contributed by atoms with E-state index in [-0.39, 0.29) is 29.1 Å². The Labute approximate surface area is 262 Å². The van der Waals surface area contributed by atoms with E-state index < -0.39 is 28.5 Å². The first-order valence-electron chi connectivity index (χ1n) is 13.4. The number of anilines is 1. The van der Waals surface area contributed by atoms with Gasteiger partial charge < -0.3 is 15.0 Å². The summed E-state index contributed by atoms with van der Waals surface area (Å²) in [4.78, 5) is 28.7. The zero-order valence-corrected chi connectivity index (χ0v) is 26.9.